The summed E-state index contributed by atoms with van der Waals surface area (Å²) < 4.78 is 6.07. The number of amides is 1. The highest BCUT2D eigenvalue weighted by Gasteiger charge is 2.27. The molecule has 0 spiro atoms. The minimum absolute atomic E-state index is 0.0575. The van der Waals surface area contributed by atoms with Crippen LogP contribution in [0.4, 0.5) is 17.1 Å². The number of phenolic OH excluding ortho intramolecular Hbond substituents is 1. The third-order valence-corrected chi connectivity index (χ3v) is 7.23. The van der Waals surface area contributed by atoms with Gasteiger partial charge in [-0.25, -0.2) is 0 Å². The number of phenols is 1. The van der Waals surface area contributed by atoms with Crippen LogP contribution in [-0.4, -0.2) is 17.6 Å². The Balaban J connectivity index is 1.79. The molecule has 3 aromatic carbocycles. The Bertz CT molecular complexity index is 1220. The van der Waals surface area contributed by atoms with Crippen LogP contribution in [0.1, 0.15) is 65.5 Å². The highest BCUT2D eigenvalue weighted by Crippen LogP contribution is 2.38. The van der Waals surface area contributed by atoms with E-state index in [-0.39, 0.29) is 29.1 Å². The standard InChI is InChI=1S/C30H37ClN2O3/c1-7-29(3,4)20-12-15-27(24(16-20)30(5,6)8-2)36-19-28(35)33-25-14-13-21(31)17-26(25)32-22-10-9-11-23(34)18-22/h9-18,32,34H,7-8,19H2,1-6H3,(H,33,35). The maximum atomic E-state index is 12.9. The molecule has 0 saturated heterocycles. The van der Waals surface area contributed by atoms with Gasteiger partial charge < -0.3 is 20.5 Å². The molecular formula is C30H37ClN2O3. The molecule has 0 unspecified atom stereocenters. The maximum Gasteiger partial charge on any atom is 0.262 e. The van der Waals surface area contributed by atoms with E-state index in [9.17, 15) is 9.90 Å². The molecule has 0 fully saturated rings. The van der Waals surface area contributed by atoms with Crippen molar-refractivity contribution in [1.29, 1.82) is 0 Å². The van der Waals surface area contributed by atoms with E-state index in [0.717, 1.165) is 24.2 Å². The Hall–Kier alpha value is -3.18. The number of hydrogen-bond acceptors (Lipinski definition) is 4. The molecule has 0 saturated carbocycles. The van der Waals surface area contributed by atoms with Crippen molar-refractivity contribution in [3.8, 4) is 11.5 Å². The predicted octanol–water partition coefficient (Wildman–Crippen LogP) is 8.18. The summed E-state index contributed by atoms with van der Waals surface area (Å²) >= 11 is 6.19. The Morgan fingerprint density at radius 2 is 1.64 bits per heavy atom. The van der Waals surface area contributed by atoms with Crippen molar-refractivity contribution in [2.24, 2.45) is 0 Å². The van der Waals surface area contributed by atoms with Crippen molar-refractivity contribution >= 4 is 34.6 Å². The second-order valence-electron chi connectivity index (χ2n) is 10.4. The SMILES string of the molecule is CCC(C)(C)c1ccc(OCC(=O)Nc2ccc(Cl)cc2Nc2cccc(O)c2)c(C(C)(C)CC)c1. The number of halogens is 1. The van der Waals surface area contributed by atoms with Crippen LogP contribution in [0.15, 0.2) is 60.7 Å². The molecule has 0 aromatic heterocycles. The van der Waals surface area contributed by atoms with Crippen molar-refractivity contribution < 1.29 is 14.6 Å². The zero-order valence-electron chi connectivity index (χ0n) is 22.0. The third-order valence-electron chi connectivity index (χ3n) is 7.00. The van der Waals surface area contributed by atoms with Crippen molar-refractivity contribution in [3.63, 3.8) is 0 Å². The molecule has 0 atom stereocenters. The predicted molar refractivity (Wildman–Crippen MR) is 150 cm³/mol. The number of carbonyl (C=O) groups excluding carboxylic acids is 1. The van der Waals surface area contributed by atoms with Crippen LogP contribution in [0, 0.1) is 0 Å². The molecule has 3 aromatic rings. The molecular weight excluding hydrogens is 472 g/mol. The summed E-state index contributed by atoms with van der Waals surface area (Å²) in [5.41, 5.74) is 4.18. The average Bonchev–Trinajstić information content (AvgIpc) is 2.84. The minimum Gasteiger partial charge on any atom is -0.508 e. The van der Waals surface area contributed by atoms with Crippen LogP contribution in [0.5, 0.6) is 11.5 Å². The van der Waals surface area contributed by atoms with Gasteiger partial charge in [-0.15, -0.1) is 0 Å². The fraction of sp³-hybridized carbons (Fsp3) is 0.367. The normalized spacial score (nSPS) is 11.8. The smallest absolute Gasteiger partial charge is 0.262 e. The van der Waals surface area contributed by atoms with Gasteiger partial charge in [0.2, 0.25) is 0 Å². The van der Waals surface area contributed by atoms with Gasteiger partial charge in [-0.2, -0.15) is 0 Å². The molecule has 0 heterocycles. The van der Waals surface area contributed by atoms with E-state index >= 15 is 0 Å². The van der Waals surface area contributed by atoms with Gasteiger partial charge in [0.15, 0.2) is 6.61 Å². The van der Waals surface area contributed by atoms with E-state index in [2.05, 4.69) is 64.3 Å². The van der Waals surface area contributed by atoms with Gasteiger partial charge in [0.05, 0.1) is 11.4 Å². The van der Waals surface area contributed by atoms with Crippen molar-refractivity contribution in [3.05, 3.63) is 76.8 Å². The van der Waals surface area contributed by atoms with Gasteiger partial charge in [-0.3, -0.25) is 4.79 Å². The zero-order chi connectivity index (χ0) is 26.5. The number of hydrogen-bond donors (Lipinski definition) is 3. The monoisotopic (exact) mass is 508 g/mol. The van der Waals surface area contributed by atoms with E-state index in [4.69, 9.17) is 16.3 Å². The molecule has 3 rings (SSSR count). The summed E-state index contributed by atoms with van der Waals surface area (Å²) in [6.45, 7) is 13.1. The van der Waals surface area contributed by atoms with Crippen LogP contribution in [0.2, 0.25) is 5.02 Å². The van der Waals surface area contributed by atoms with E-state index in [1.807, 2.05) is 12.1 Å². The minimum atomic E-state index is -0.283. The highest BCUT2D eigenvalue weighted by atomic mass is 35.5. The number of anilines is 3. The summed E-state index contributed by atoms with van der Waals surface area (Å²) in [5, 5.41) is 16.4. The number of benzene rings is 3. The largest absolute Gasteiger partial charge is 0.508 e. The molecule has 0 aliphatic carbocycles. The summed E-state index contributed by atoms with van der Waals surface area (Å²) in [7, 11) is 0. The van der Waals surface area contributed by atoms with Crippen molar-refractivity contribution in [2.45, 2.75) is 65.2 Å². The molecule has 0 aliphatic heterocycles. The molecule has 6 heteroatoms. The Morgan fingerprint density at radius 3 is 2.31 bits per heavy atom. The van der Waals surface area contributed by atoms with E-state index in [1.165, 1.54) is 5.56 Å². The highest BCUT2D eigenvalue weighted by molar-refractivity contribution is 6.31. The summed E-state index contributed by atoms with van der Waals surface area (Å²) in [6.07, 6.45) is 1.97. The summed E-state index contributed by atoms with van der Waals surface area (Å²) in [6, 6.07) is 18.2. The number of rotatable bonds is 10. The Morgan fingerprint density at radius 1 is 0.917 bits per heavy atom. The lowest BCUT2D eigenvalue weighted by molar-refractivity contribution is -0.118. The fourth-order valence-corrected chi connectivity index (χ4v) is 3.97. The average molecular weight is 509 g/mol. The quantitative estimate of drug-likeness (QED) is 0.258. The maximum absolute atomic E-state index is 12.9. The van der Waals surface area contributed by atoms with Gasteiger partial charge in [0.25, 0.3) is 5.91 Å². The lowest BCUT2D eigenvalue weighted by Crippen LogP contribution is -2.24. The lowest BCUT2D eigenvalue weighted by atomic mass is 9.76. The molecule has 192 valence electrons. The van der Waals surface area contributed by atoms with Crippen LogP contribution < -0.4 is 15.4 Å². The van der Waals surface area contributed by atoms with Crippen molar-refractivity contribution in [1.82, 2.24) is 0 Å². The number of carbonyl (C=O) groups is 1. The molecule has 1 amide bonds. The summed E-state index contributed by atoms with van der Waals surface area (Å²) in [4.78, 5) is 12.9. The number of aromatic hydroxyl groups is 1. The van der Waals surface area contributed by atoms with Gasteiger partial charge in [0.1, 0.15) is 11.5 Å². The van der Waals surface area contributed by atoms with E-state index < -0.39 is 0 Å². The molecule has 0 bridgehead atoms. The first-order valence-electron chi connectivity index (χ1n) is 12.4. The van der Waals surface area contributed by atoms with Crippen molar-refractivity contribution in [2.75, 3.05) is 17.2 Å². The van der Waals surface area contributed by atoms with E-state index in [0.29, 0.717) is 22.1 Å². The molecule has 36 heavy (non-hydrogen) atoms. The second-order valence-corrected chi connectivity index (χ2v) is 10.8. The van der Waals surface area contributed by atoms with Gasteiger partial charge >= 0.3 is 0 Å². The first-order valence-corrected chi connectivity index (χ1v) is 12.8. The molecule has 5 nitrogen and oxygen atoms in total. The van der Waals surface area contributed by atoms with E-state index in [1.54, 1.807) is 36.4 Å². The van der Waals surface area contributed by atoms with Crippen LogP contribution >= 0.6 is 11.6 Å². The topological polar surface area (TPSA) is 70.6 Å². The number of nitrogens with one attached hydrogen (secondary N) is 2. The summed E-state index contributed by atoms with van der Waals surface area (Å²) in [5.74, 6) is 0.580. The number of ether oxygens (including phenoxy) is 1. The second kappa shape index (κ2) is 11.3. The molecule has 0 aliphatic rings. The first kappa shape index (κ1) is 27.4. The first-order chi connectivity index (χ1) is 16.9. The van der Waals surface area contributed by atoms with Gasteiger partial charge in [0, 0.05) is 22.3 Å². The van der Waals surface area contributed by atoms with Gasteiger partial charge in [-0.1, -0.05) is 71.3 Å². The Kier molecular flexibility index (Phi) is 8.57. The molecule has 0 radical (unpaired) electrons. The van der Waals surface area contributed by atoms with Crippen LogP contribution in [0.25, 0.3) is 0 Å². The Labute approximate surface area is 219 Å². The van der Waals surface area contributed by atoms with Crippen LogP contribution in [0.3, 0.4) is 0 Å². The third kappa shape index (κ3) is 6.73. The fourth-order valence-electron chi connectivity index (χ4n) is 3.80. The van der Waals surface area contributed by atoms with Crippen LogP contribution in [-0.2, 0) is 15.6 Å². The zero-order valence-corrected chi connectivity index (χ0v) is 22.8. The lowest BCUT2D eigenvalue weighted by Gasteiger charge is -2.30. The van der Waals surface area contributed by atoms with Gasteiger partial charge in [-0.05, 0) is 65.6 Å². The molecule has 3 N–H and O–H groups in total.